The second-order valence-electron chi connectivity index (χ2n) is 6.66. The maximum atomic E-state index is 12.3. The zero-order valence-corrected chi connectivity index (χ0v) is 15.5. The fraction of sp³-hybridized carbons (Fsp3) is 0.333. The Morgan fingerprint density at radius 2 is 1.46 bits per heavy atom. The quantitative estimate of drug-likeness (QED) is 0.716. The molecule has 3 amide bonds. The van der Waals surface area contributed by atoms with Crippen molar-refractivity contribution in [2.75, 3.05) is 0 Å². The van der Waals surface area contributed by atoms with Gasteiger partial charge in [-0.3, -0.25) is 15.4 Å². The van der Waals surface area contributed by atoms with Crippen LogP contribution in [0.4, 0.5) is 4.79 Å². The number of rotatable bonds is 7. The molecule has 0 saturated carbocycles. The van der Waals surface area contributed by atoms with E-state index in [9.17, 15) is 9.59 Å². The van der Waals surface area contributed by atoms with E-state index in [4.69, 9.17) is 0 Å². The normalized spacial score (nSPS) is 13.1. The lowest BCUT2D eigenvalue weighted by atomic mass is 9.98. The smallest absolute Gasteiger partial charge is 0.321 e. The number of carbonyl (C=O) groups excluding carboxylic acids is 2. The Balaban J connectivity index is 2.06. The molecule has 0 radical (unpaired) electrons. The lowest BCUT2D eigenvalue weighted by Gasteiger charge is -2.23. The highest BCUT2D eigenvalue weighted by atomic mass is 16.2. The molecule has 26 heavy (non-hydrogen) atoms. The molecular formula is C21H27N3O2. The first-order chi connectivity index (χ1) is 12.5. The molecule has 0 aliphatic heterocycles. The molecular weight excluding hydrogens is 326 g/mol. The summed E-state index contributed by atoms with van der Waals surface area (Å²) in [6.07, 6.45) is 0.751. The second-order valence-corrected chi connectivity index (χ2v) is 6.66. The van der Waals surface area contributed by atoms with E-state index < -0.39 is 12.1 Å². The van der Waals surface area contributed by atoms with Gasteiger partial charge in [-0.25, -0.2) is 4.79 Å². The molecule has 2 unspecified atom stereocenters. The van der Waals surface area contributed by atoms with Crippen LogP contribution in [0.3, 0.4) is 0 Å². The number of amides is 3. The summed E-state index contributed by atoms with van der Waals surface area (Å²) in [5, 5.41) is 8.38. The summed E-state index contributed by atoms with van der Waals surface area (Å²) >= 11 is 0. The number of imide groups is 1. The highest BCUT2D eigenvalue weighted by Gasteiger charge is 2.21. The number of benzene rings is 2. The summed E-state index contributed by atoms with van der Waals surface area (Å²) in [5.74, 6) is -0.350. The Morgan fingerprint density at radius 1 is 0.885 bits per heavy atom. The van der Waals surface area contributed by atoms with Gasteiger partial charge in [0, 0.05) is 12.1 Å². The summed E-state index contributed by atoms with van der Waals surface area (Å²) in [4.78, 5) is 24.1. The lowest BCUT2D eigenvalue weighted by molar-refractivity contribution is -0.121. The van der Waals surface area contributed by atoms with Gasteiger partial charge in [0.2, 0.25) is 5.91 Å². The van der Waals surface area contributed by atoms with E-state index in [-0.39, 0.29) is 18.0 Å². The van der Waals surface area contributed by atoms with Crippen molar-refractivity contribution in [1.29, 1.82) is 0 Å². The molecule has 5 heteroatoms. The van der Waals surface area contributed by atoms with Crippen molar-refractivity contribution < 1.29 is 9.59 Å². The van der Waals surface area contributed by atoms with E-state index in [0.717, 1.165) is 12.0 Å². The van der Waals surface area contributed by atoms with Gasteiger partial charge in [-0.05, 0) is 38.3 Å². The zero-order valence-electron chi connectivity index (χ0n) is 15.5. The van der Waals surface area contributed by atoms with Crippen LogP contribution < -0.4 is 16.0 Å². The molecule has 2 aromatic carbocycles. The molecule has 0 aliphatic rings. The van der Waals surface area contributed by atoms with Gasteiger partial charge in [-0.15, -0.1) is 0 Å². The summed E-state index contributed by atoms with van der Waals surface area (Å²) in [6.45, 7) is 5.45. The molecule has 138 valence electrons. The van der Waals surface area contributed by atoms with Gasteiger partial charge in [0.1, 0.15) is 0 Å². The van der Waals surface area contributed by atoms with Crippen molar-refractivity contribution in [1.82, 2.24) is 16.0 Å². The Labute approximate surface area is 155 Å². The molecule has 0 bridgehead atoms. The summed E-state index contributed by atoms with van der Waals surface area (Å²) < 4.78 is 0. The van der Waals surface area contributed by atoms with Crippen LogP contribution in [0.2, 0.25) is 0 Å². The fourth-order valence-corrected chi connectivity index (χ4v) is 2.70. The fourth-order valence-electron chi connectivity index (χ4n) is 2.70. The van der Waals surface area contributed by atoms with Crippen LogP contribution >= 0.6 is 0 Å². The minimum Gasteiger partial charge on any atom is -0.336 e. The monoisotopic (exact) mass is 353 g/mol. The number of hydrogen-bond donors (Lipinski definition) is 3. The first-order valence-corrected chi connectivity index (χ1v) is 8.92. The first kappa shape index (κ1) is 19.7. The van der Waals surface area contributed by atoms with Gasteiger partial charge in [-0.1, -0.05) is 60.7 Å². The van der Waals surface area contributed by atoms with Crippen molar-refractivity contribution in [3.63, 3.8) is 0 Å². The van der Waals surface area contributed by atoms with Crippen LogP contribution in [0.15, 0.2) is 60.7 Å². The Morgan fingerprint density at radius 3 is 2.04 bits per heavy atom. The van der Waals surface area contributed by atoms with Crippen LogP contribution in [0.5, 0.6) is 0 Å². The van der Waals surface area contributed by atoms with Crippen molar-refractivity contribution in [2.24, 2.45) is 0 Å². The van der Waals surface area contributed by atoms with E-state index in [1.54, 1.807) is 6.92 Å². The van der Waals surface area contributed by atoms with Crippen LogP contribution in [-0.2, 0) is 11.2 Å². The minimum absolute atomic E-state index is 0.0267. The third-order valence-electron chi connectivity index (χ3n) is 3.99. The number of carbonyl (C=O) groups is 2. The highest BCUT2D eigenvalue weighted by molar-refractivity contribution is 5.96. The molecule has 2 atom stereocenters. The average molecular weight is 353 g/mol. The van der Waals surface area contributed by atoms with Crippen molar-refractivity contribution >= 4 is 11.9 Å². The molecule has 0 fully saturated rings. The van der Waals surface area contributed by atoms with E-state index in [1.165, 1.54) is 5.56 Å². The van der Waals surface area contributed by atoms with E-state index in [1.807, 2.05) is 62.4 Å². The predicted molar refractivity (Wildman–Crippen MR) is 104 cm³/mol. The highest BCUT2D eigenvalue weighted by Crippen LogP contribution is 2.19. The molecule has 0 heterocycles. The van der Waals surface area contributed by atoms with Crippen LogP contribution in [0.1, 0.15) is 37.9 Å². The maximum Gasteiger partial charge on any atom is 0.321 e. The molecule has 0 saturated heterocycles. The van der Waals surface area contributed by atoms with Gasteiger partial charge in [0.05, 0.1) is 6.04 Å². The standard InChI is InChI=1S/C21H27N3O2/c1-15(2)22-21(26)24-20(25)16(3)23-19(18-12-8-5-9-13-18)14-17-10-6-4-7-11-17/h4-13,15-16,19,23H,14H2,1-3H3,(H2,22,24,25,26). The Bertz CT molecular complexity index is 702. The SMILES string of the molecule is CC(C)NC(=O)NC(=O)C(C)NC(Cc1ccccc1)c1ccccc1. The van der Waals surface area contributed by atoms with Crippen LogP contribution in [0.25, 0.3) is 0 Å². The summed E-state index contributed by atoms with van der Waals surface area (Å²) in [5.41, 5.74) is 2.28. The second kappa shape index (κ2) is 9.73. The van der Waals surface area contributed by atoms with E-state index in [0.29, 0.717) is 0 Å². The van der Waals surface area contributed by atoms with E-state index >= 15 is 0 Å². The molecule has 5 nitrogen and oxygen atoms in total. The van der Waals surface area contributed by atoms with Crippen molar-refractivity contribution in [3.05, 3.63) is 71.8 Å². The Hall–Kier alpha value is -2.66. The maximum absolute atomic E-state index is 12.3. The molecule has 0 aliphatic carbocycles. The summed E-state index contributed by atoms with van der Waals surface area (Å²) in [6, 6.07) is 19.1. The molecule has 0 spiro atoms. The van der Waals surface area contributed by atoms with Gasteiger partial charge in [0.25, 0.3) is 0 Å². The molecule has 0 aromatic heterocycles. The van der Waals surface area contributed by atoms with Gasteiger partial charge < -0.3 is 5.32 Å². The zero-order chi connectivity index (χ0) is 18.9. The molecule has 2 rings (SSSR count). The Kier molecular flexibility index (Phi) is 7.36. The van der Waals surface area contributed by atoms with Gasteiger partial charge >= 0.3 is 6.03 Å². The van der Waals surface area contributed by atoms with Crippen LogP contribution in [-0.4, -0.2) is 24.0 Å². The van der Waals surface area contributed by atoms with E-state index in [2.05, 4.69) is 28.1 Å². The first-order valence-electron chi connectivity index (χ1n) is 8.92. The third-order valence-corrected chi connectivity index (χ3v) is 3.99. The lowest BCUT2D eigenvalue weighted by Crippen LogP contribution is -2.50. The predicted octanol–water partition coefficient (Wildman–Crippen LogP) is 3.18. The number of urea groups is 1. The largest absolute Gasteiger partial charge is 0.336 e. The van der Waals surface area contributed by atoms with Crippen molar-refractivity contribution in [3.8, 4) is 0 Å². The molecule has 2 aromatic rings. The van der Waals surface area contributed by atoms with Crippen LogP contribution in [0, 0.1) is 0 Å². The average Bonchev–Trinajstić information content (AvgIpc) is 2.62. The molecule has 3 N–H and O–H groups in total. The third kappa shape index (κ3) is 6.33. The topological polar surface area (TPSA) is 70.2 Å². The summed E-state index contributed by atoms with van der Waals surface area (Å²) in [7, 11) is 0. The minimum atomic E-state index is -0.512. The number of hydrogen-bond acceptors (Lipinski definition) is 3. The van der Waals surface area contributed by atoms with Gasteiger partial charge in [0.15, 0.2) is 0 Å². The number of nitrogens with one attached hydrogen (secondary N) is 3. The van der Waals surface area contributed by atoms with Crippen molar-refractivity contribution in [2.45, 2.75) is 45.3 Å². The van der Waals surface area contributed by atoms with Gasteiger partial charge in [-0.2, -0.15) is 0 Å².